The molecule has 1 amide bonds. The van der Waals surface area contributed by atoms with Crippen molar-refractivity contribution in [1.82, 2.24) is 24.6 Å². The van der Waals surface area contributed by atoms with Gasteiger partial charge in [-0.25, -0.2) is 9.78 Å². The Morgan fingerprint density at radius 3 is 2.71 bits per heavy atom. The first kappa shape index (κ1) is 13.5. The smallest absolute Gasteiger partial charge is 0.343 e. The van der Waals surface area contributed by atoms with Crippen molar-refractivity contribution in [3.63, 3.8) is 0 Å². The maximum atomic E-state index is 12.0. The van der Waals surface area contributed by atoms with Gasteiger partial charge in [0, 0.05) is 32.1 Å². The Labute approximate surface area is 121 Å². The molecule has 1 saturated heterocycles. The largest absolute Gasteiger partial charge is 0.349 e. The van der Waals surface area contributed by atoms with E-state index in [4.69, 9.17) is 0 Å². The van der Waals surface area contributed by atoms with Crippen molar-refractivity contribution in [2.24, 2.45) is 0 Å². The third-order valence-corrected chi connectivity index (χ3v) is 3.83. The summed E-state index contributed by atoms with van der Waals surface area (Å²) in [6, 6.07) is 5.35. The van der Waals surface area contributed by atoms with Gasteiger partial charge in [0.25, 0.3) is 0 Å². The number of rotatable bonds is 2. The summed E-state index contributed by atoms with van der Waals surface area (Å²) >= 11 is 0. The zero-order valence-electron chi connectivity index (χ0n) is 11.8. The Hall–Kier alpha value is -2.44. The maximum absolute atomic E-state index is 12.0. The van der Waals surface area contributed by atoms with Crippen molar-refractivity contribution >= 4 is 5.91 Å². The van der Waals surface area contributed by atoms with Gasteiger partial charge < -0.3 is 4.90 Å². The van der Waals surface area contributed by atoms with Gasteiger partial charge in [-0.15, -0.1) is 5.10 Å². The normalized spacial score (nSPS) is 16.1. The van der Waals surface area contributed by atoms with Crippen LogP contribution in [0.5, 0.6) is 0 Å². The van der Waals surface area contributed by atoms with Gasteiger partial charge in [0.2, 0.25) is 5.91 Å². The van der Waals surface area contributed by atoms with Crippen LogP contribution in [-0.4, -0.2) is 43.6 Å². The lowest BCUT2D eigenvalue weighted by molar-refractivity contribution is -0.129. The highest BCUT2D eigenvalue weighted by Gasteiger charge is 2.25. The molecule has 1 N–H and O–H groups in total. The minimum Gasteiger partial charge on any atom is -0.343 e. The Balaban J connectivity index is 1.79. The predicted molar refractivity (Wildman–Crippen MR) is 76.2 cm³/mol. The van der Waals surface area contributed by atoms with Crippen molar-refractivity contribution < 1.29 is 4.79 Å². The van der Waals surface area contributed by atoms with Crippen LogP contribution in [0.25, 0.3) is 5.82 Å². The molecule has 7 nitrogen and oxygen atoms in total. The molecular formula is C14H17N5O2. The standard InChI is InChI=1S/C14H17N5O2/c1-10(20)18-8-5-11(6-9-18)13-16-14(21)19(17-13)12-4-2-3-7-15-12/h2-4,7,11H,5-6,8-9H2,1H3,(H,16,17,21). The summed E-state index contributed by atoms with van der Waals surface area (Å²) in [5.41, 5.74) is -0.280. The van der Waals surface area contributed by atoms with Crippen LogP contribution >= 0.6 is 0 Å². The molecule has 21 heavy (non-hydrogen) atoms. The van der Waals surface area contributed by atoms with Crippen LogP contribution in [0.15, 0.2) is 29.2 Å². The number of nitrogens with zero attached hydrogens (tertiary/aromatic N) is 4. The lowest BCUT2D eigenvalue weighted by Gasteiger charge is -2.29. The number of nitrogens with one attached hydrogen (secondary N) is 1. The van der Waals surface area contributed by atoms with E-state index in [2.05, 4.69) is 15.1 Å². The van der Waals surface area contributed by atoms with Gasteiger partial charge >= 0.3 is 5.69 Å². The number of likely N-dealkylation sites (tertiary alicyclic amines) is 1. The number of hydrogen-bond donors (Lipinski definition) is 1. The maximum Gasteiger partial charge on any atom is 0.349 e. The van der Waals surface area contributed by atoms with Crippen LogP contribution in [0, 0.1) is 0 Å². The number of carbonyl (C=O) groups is 1. The molecule has 0 aliphatic carbocycles. The van der Waals surface area contributed by atoms with E-state index in [1.54, 1.807) is 25.3 Å². The zero-order valence-corrected chi connectivity index (χ0v) is 11.8. The lowest BCUT2D eigenvalue weighted by atomic mass is 9.96. The fourth-order valence-electron chi connectivity index (χ4n) is 2.63. The number of H-pyrrole nitrogens is 1. The second-order valence-electron chi connectivity index (χ2n) is 5.20. The molecule has 1 aliphatic rings. The fourth-order valence-corrected chi connectivity index (χ4v) is 2.63. The topological polar surface area (TPSA) is 83.9 Å². The highest BCUT2D eigenvalue weighted by Crippen LogP contribution is 2.24. The highest BCUT2D eigenvalue weighted by atomic mass is 16.2. The van der Waals surface area contributed by atoms with Gasteiger partial charge in [-0.3, -0.25) is 9.78 Å². The van der Waals surface area contributed by atoms with Gasteiger partial charge in [0.15, 0.2) is 5.82 Å². The second-order valence-corrected chi connectivity index (χ2v) is 5.20. The van der Waals surface area contributed by atoms with Gasteiger partial charge in [-0.05, 0) is 25.0 Å². The number of aromatic amines is 1. The van der Waals surface area contributed by atoms with Gasteiger partial charge in [0.1, 0.15) is 5.82 Å². The van der Waals surface area contributed by atoms with Crippen molar-refractivity contribution in [3.8, 4) is 5.82 Å². The number of aromatic nitrogens is 4. The van der Waals surface area contributed by atoms with Crippen LogP contribution in [0.3, 0.4) is 0 Å². The molecule has 0 aromatic carbocycles. The molecule has 0 unspecified atom stereocenters. The quantitative estimate of drug-likeness (QED) is 0.880. The minimum atomic E-state index is -0.280. The molecule has 2 aromatic heterocycles. The van der Waals surface area contributed by atoms with Crippen LogP contribution < -0.4 is 5.69 Å². The summed E-state index contributed by atoms with van der Waals surface area (Å²) in [7, 11) is 0. The van der Waals surface area contributed by atoms with Crippen LogP contribution in [-0.2, 0) is 4.79 Å². The molecule has 1 aliphatic heterocycles. The molecule has 0 radical (unpaired) electrons. The zero-order chi connectivity index (χ0) is 14.8. The number of piperidine rings is 1. The van der Waals surface area contributed by atoms with E-state index in [-0.39, 0.29) is 17.5 Å². The molecule has 0 bridgehead atoms. The Morgan fingerprint density at radius 1 is 1.33 bits per heavy atom. The Kier molecular flexibility index (Phi) is 3.55. The number of amides is 1. The second kappa shape index (κ2) is 5.51. The van der Waals surface area contributed by atoms with E-state index >= 15 is 0 Å². The SMILES string of the molecule is CC(=O)N1CCC(c2nn(-c3ccccn3)c(=O)[nH]2)CC1. The summed E-state index contributed by atoms with van der Waals surface area (Å²) in [6.45, 7) is 2.99. The summed E-state index contributed by atoms with van der Waals surface area (Å²) in [6.07, 6.45) is 3.25. The van der Waals surface area contributed by atoms with Gasteiger partial charge in [-0.2, -0.15) is 4.68 Å². The fraction of sp³-hybridized carbons (Fsp3) is 0.429. The van der Waals surface area contributed by atoms with Crippen molar-refractivity contribution in [3.05, 3.63) is 40.7 Å². The number of pyridine rings is 1. The van der Waals surface area contributed by atoms with E-state index in [0.29, 0.717) is 24.7 Å². The summed E-state index contributed by atoms with van der Waals surface area (Å²) in [4.78, 5) is 32.1. The molecule has 0 spiro atoms. The summed E-state index contributed by atoms with van der Waals surface area (Å²) in [5, 5.41) is 4.36. The average molecular weight is 287 g/mol. The monoisotopic (exact) mass is 287 g/mol. The highest BCUT2D eigenvalue weighted by molar-refractivity contribution is 5.73. The molecule has 110 valence electrons. The summed E-state index contributed by atoms with van der Waals surface area (Å²) < 4.78 is 1.28. The average Bonchev–Trinajstić information content (AvgIpc) is 2.90. The van der Waals surface area contributed by atoms with E-state index in [1.165, 1.54) is 4.68 Å². The van der Waals surface area contributed by atoms with Crippen LogP contribution in [0.1, 0.15) is 31.5 Å². The predicted octanol–water partition coefficient (Wildman–Crippen LogP) is 0.681. The Morgan fingerprint density at radius 2 is 2.10 bits per heavy atom. The molecule has 3 heterocycles. The Bertz CT molecular complexity index is 683. The van der Waals surface area contributed by atoms with Crippen LogP contribution in [0.4, 0.5) is 0 Å². The molecule has 7 heteroatoms. The van der Waals surface area contributed by atoms with E-state index in [0.717, 1.165) is 12.8 Å². The van der Waals surface area contributed by atoms with Gasteiger partial charge in [-0.1, -0.05) is 6.07 Å². The van der Waals surface area contributed by atoms with Crippen molar-refractivity contribution in [2.75, 3.05) is 13.1 Å². The molecular weight excluding hydrogens is 270 g/mol. The van der Waals surface area contributed by atoms with Gasteiger partial charge in [0.05, 0.1) is 0 Å². The van der Waals surface area contributed by atoms with E-state index in [1.807, 2.05) is 11.0 Å². The third-order valence-electron chi connectivity index (χ3n) is 3.83. The minimum absolute atomic E-state index is 0.0981. The third kappa shape index (κ3) is 2.72. The van der Waals surface area contributed by atoms with E-state index < -0.39 is 0 Å². The van der Waals surface area contributed by atoms with Crippen molar-refractivity contribution in [2.45, 2.75) is 25.7 Å². The molecule has 3 rings (SSSR count). The molecule has 1 fully saturated rings. The molecule has 0 saturated carbocycles. The lowest BCUT2D eigenvalue weighted by Crippen LogP contribution is -2.36. The summed E-state index contributed by atoms with van der Waals surface area (Å²) in [5.74, 6) is 1.46. The first-order valence-electron chi connectivity index (χ1n) is 7.01. The number of carbonyl (C=O) groups excluding carboxylic acids is 1. The first-order valence-corrected chi connectivity index (χ1v) is 7.01. The molecule has 2 aromatic rings. The molecule has 0 atom stereocenters. The number of hydrogen-bond acceptors (Lipinski definition) is 4. The van der Waals surface area contributed by atoms with E-state index in [9.17, 15) is 9.59 Å². The van der Waals surface area contributed by atoms with Crippen LogP contribution in [0.2, 0.25) is 0 Å². The van der Waals surface area contributed by atoms with Crippen molar-refractivity contribution in [1.29, 1.82) is 0 Å². The first-order chi connectivity index (χ1) is 10.1.